The molecule has 2 nitrogen and oxygen atoms in total. The fourth-order valence-corrected chi connectivity index (χ4v) is 11.9. The summed E-state index contributed by atoms with van der Waals surface area (Å²) in [6.07, 6.45) is 0. The molecular weight excluding hydrogens is 859 g/mol. The first-order valence-electron chi connectivity index (χ1n) is 24.5. The van der Waals surface area contributed by atoms with Gasteiger partial charge in [0.15, 0.2) is 0 Å². The molecule has 0 radical (unpaired) electrons. The Kier molecular flexibility index (Phi) is 9.47. The van der Waals surface area contributed by atoms with Crippen molar-refractivity contribution < 1.29 is 4.42 Å². The van der Waals surface area contributed by atoms with E-state index >= 15 is 0 Å². The number of hydrogen-bond donors (Lipinski definition) is 0. The number of benzene rings is 12. The molecule has 0 aliphatic heterocycles. The Labute approximate surface area is 413 Å². The normalized spacial score (nSPS) is 12.6. The average molecular weight is 904 g/mol. The zero-order chi connectivity index (χ0) is 46.9. The van der Waals surface area contributed by atoms with Gasteiger partial charge in [0.05, 0.1) is 11.1 Å². The SMILES string of the molecule is c1ccc(-c2cccc(-c3c(N(c4ccc(-c5cccc6c5oc5ccccc56)cc4)c4ccc5c(c4)C(c4ccccc4)(c4ccccc4)c4ccccc4-5)c4ccccc4c4ccccc34)c2)cc1. The predicted octanol–water partition coefficient (Wildman–Crippen LogP) is 18.7. The van der Waals surface area contributed by atoms with Gasteiger partial charge in [0.1, 0.15) is 11.2 Å². The minimum Gasteiger partial charge on any atom is -0.455 e. The van der Waals surface area contributed by atoms with Gasteiger partial charge in [-0.2, -0.15) is 0 Å². The van der Waals surface area contributed by atoms with Crippen LogP contribution in [0.15, 0.2) is 277 Å². The number of rotatable bonds is 8. The Balaban J connectivity index is 1.07. The third-order valence-corrected chi connectivity index (χ3v) is 14.9. The molecule has 0 spiro atoms. The summed E-state index contributed by atoms with van der Waals surface area (Å²) in [5.74, 6) is 0. The van der Waals surface area contributed by atoms with Crippen LogP contribution in [0, 0.1) is 0 Å². The summed E-state index contributed by atoms with van der Waals surface area (Å²) in [6, 6.07) is 100. The van der Waals surface area contributed by atoms with Crippen molar-refractivity contribution in [1.29, 1.82) is 0 Å². The highest BCUT2D eigenvalue weighted by molar-refractivity contribution is 6.22. The number of hydrogen-bond acceptors (Lipinski definition) is 2. The first-order valence-corrected chi connectivity index (χ1v) is 24.5. The highest BCUT2D eigenvalue weighted by Gasteiger charge is 2.46. The van der Waals surface area contributed by atoms with Gasteiger partial charge >= 0.3 is 0 Å². The van der Waals surface area contributed by atoms with E-state index in [2.05, 4.69) is 272 Å². The van der Waals surface area contributed by atoms with E-state index in [1.54, 1.807) is 0 Å². The molecule has 12 aromatic carbocycles. The molecular formula is C69H45NO. The maximum atomic E-state index is 6.60. The van der Waals surface area contributed by atoms with Crippen LogP contribution in [0.4, 0.5) is 17.1 Å². The van der Waals surface area contributed by atoms with Crippen LogP contribution in [0.5, 0.6) is 0 Å². The monoisotopic (exact) mass is 903 g/mol. The van der Waals surface area contributed by atoms with Crippen LogP contribution in [0.25, 0.3) is 88.0 Å². The molecule has 1 aliphatic carbocycles. The quantitative estimate of drug-likeness (QED) is 0.141. The molecule has 2 heteroatoms. The summed E-state index contributed by atoms with van der Waals surface area (Å²) in [5, 5.41) is 7.03. The molecule has 13 aromatic rings. The smallest absolute Gasteiger partial charge is 0.143 e. The van der Waals surface area contributed by atoms with Gasteiger partial charge in [0.2, 0.25) is 0 Å². The molecule has 14 rings (SSSR count). The molecule has 0 amide bonds. The van der Waals surface area contributed by atoms with Gasteiger partial charge in [0, 0.05) is 38.7 Å². The Morgan fingerprint density at radius 3 is 1.56 bits per heavy atom. The lowest BCUT2D eigenvalue weighted by Gasteiger charge is -2.35. The van der Waals surface area contributed by atoms with Gasteiger partial charge < -0.3 is 9.32 Å². The fourth-order valence-electron chi connectivity index (χ4n) is 11.9. The zero-order valence-corrected chi connectivity index (χ0v) is 38.8. The van der Waals surface area contributed by atoms with Crippen molar-refractivity contribution in [2.24, 2.45) is 0 Å². The van der Waals surface area contributed by atoms with Crippen molar-refractivity contribution in [3.05, 3.63) is 295 Å². The Hall–Kier alpha value is -9.24. The maximum absolute atomic E-state index is 6.60. The van der Waals surface area contributed by atoms with E-state index < -0.39 is 5.41 Å². The molecule has 0 bridgehead atoms. The standard InChI is InChI=1S/C69H45NO/c1-4-20-46(21-5-1)48-22-18-23-49(44-48)66-60-32-12-10-28-55(60)56-29-11-13-33-61(56)67(66)70(52-40-38-47(39-41-52)54-34-19-35-62-59-31-15-17-37-65(59)71-68(54)62)53-42-43-58-57-30-14-16-36-63(57)69(64(58)45-53,50-24-6-2-7-25-50)51-26-8-3-9-27-51/h1-45H. The number of nitrogens with zero attached hydrogens (tertiary/aromatic N) is 1. The van der Waals surface area contributed by atoms with E-state index in [0.29, 0.717) is 0 Å². The highest BCUT2D eigenvalue weighted by atomic mass is 16.3. The Morgan fingerprint density at radius 1 is 0.296 bits per heavy atom. The summed E-state index contributed by atoms with van der Waals surface area (Å²) in [7, 11) is 0. The molecule has 0 saturated carbocycles. The molecule has 1 aliphatic rings. The lowest BCUT2D eigenvalue weighted by atomic mass is 9.67. The molecule has 0 saturated heterocycles. The van der Waals surface area contributed by atoms with E-state index in [0.717, 1.165) is 55.7 Å². The minimum absolute atomic E-state index is 0.580. The van der Waals surface area contributed by atoms with Crippen LogP contribution in [0.3, 0.4) is 0 Å². The highest BCUT2D eigenvalue weighted by Crippen LogP contribution is 2.58. The van der Waals surface area contributed by atoms with Crippen molar-refractivity contribution in [2.45, 2.75) is 5.41 Å². The largest absolute Gasteiger partial charge is 0.455 e. The second-order valence-electron chi connectivity index (χ2n) is 18.7. The van der Waals surface area contributed by atoms with Crippen molar-refractivity contribution in [3.63, 3.8) is 0 Å². The molecule has 0 unspecified atom stereocenters. The van der Waals surface area contributed by atoms with E-state index in [9.17, 15) is 0 Å². The lowest BCUT2D eigenvalue weighted by molar-refractivity contribution is 0.670. The molecule has 1 heterocycles. The van der Waals surface area contributed by atoms with Crippen LogP contribution in [-0.2, 0) is 5.41 Å². The van der Waals surface area contributed by atoms with Gasteiger partial charge in [-0.05, 0) is 108 Å². The van der Waals surface area contributed by atoms with E-state index in [4.69, 9.17) is 4.42 Å². The lowest BCUT2D eigenvalue weighted by Crippen LogP contribution is -2.28. The van der Waals surface area contributed by atoms with Crippen molar-refractivity contribution >= 4 is 60.5 Å². The summed E-state index contributed by atoms with van der Waals surface area (Å²) < 4.78 is 6.60. The predicted molar refractivity (Wildman–Crippen MR) is 297 cm³/mol. The van der Waals surface area contributed by atoms with Gasteiger partial charge in [0.25, 0.3) is 0 Å². The third kappa shape index (κ3) is 6.35. The second kappa shape index (κ2) is 16.5. The van der Waals surface area contributed by atoms with Gasteiger partial charge in [-0.25, -0.2) is 0 Å². The van der Waals surface area contributed by atoms with Crippen LogP contribution in [-0.4, -0.2) is 0 Å². The second-order valence-corrected chi connectivity index (χ2v) is 18.7. The summed E-state index contributed by atoms with van der Waals surface area (Å²) in [4.78, 5) is 2.54. The van der Waals surface area contributed by atoms with Crippen molar-refractivity contribution in [2.75, 3.05) is 4.90 Å². The number of furan rings is 1. The van der Waals surface area contributed by atoms with E-state index in [1.165, 1.54) is 71.6 Å². The van der Waals surface area contributed by atoms with E-state index in [-0.39, 0.29) is 0 Å². The number of para-hydroxylation sites is 2. The fraction of sp³-hybridized carbons (Fsp3) is 0.0145. The molecule has 332 valence electrons. The maximum Gasteiger partial charge on any atom is 0.143 e. The summed E-state index contributed by atoms with van der Waals surface area (Å²) in [5.41, 5.74) is 18.8. The molecule has 71 heavy (non-hydrogen) atoms. The summed E-state index contributed by atoms with van der Waals surface area (Å²) in [6.45, 7) is 0. The van der Waals surface area contributed by atoms with Crippen LogP contribution in [0.1, 0.15) is 22.3 Å². The average Bonchev–Trinajstić information content (AvgIpc) is 3.98. The zero-order valence-electron chi connectivity index (χ0n) is 38.8. The molecule has 0 fully saturated rings. The first-order chi connectivity index (χ1) is 35.2. The minimum atomic E-state index is -0.580. The number of fused-ring (bicyclic) bond motifs is 9. The van der Waals surface area contributed by atoms with Crippen molar-refractivity contribution in [1.82, 2.24) is 0 Å². The van der Waals surface area contributed by atoms with E-state index in [1.807, 2.05) is 6.07 Å². The Morgan fingerprint density at radius 2 is 0.817 bits per heavy atom. The number of anilines is 3. The van der Waals surface area contributed by atoms with Gasteiger partial charge in [-0.3, -0.25) is 0 Å². The molecule has 0 N–H and O–H groups in total. The van der Waals surface area contributed by atoms with Crippen LogP contribution >= 0.6 is 0 Å². The van der Waals surface area contributed by atoms with Gasteiger partial charge in [-0.1, -0.05) is 237 Å². The molecule has 1 aromatic heterocycles. The first kappa shape index (κ1) is 40.8. The van der Waals surface area contributed by atoms with Gasteiger partial charge in [-0.15, -0.1) is 0 Å². The third-order valence-electron chi connectivity index (χ3n) is 14.9. The molecule has 0 atom stereocenters. The van der Waals surface area contributed by atoms with Crippen LogP contribution < -0.4 is 4.90 Å². The Bertz CT molecular complexity index is 4110. The van der Waals surface area contributed by atoms with Crippen LogP contribution in [0.2, 0.25) is 0 Å². The van der Waals surface area contributed by atoms with Crippen molar-refractivity contribution in [3.8, 4) is 44.5 Å². The topological polar surface area (TPSA) is 16.4 Å². The summed E-state index contributed by atoms with van der Waals surface area (Å²) >= 11 is 0.